The van der Waals surface area contributed by atoms with Crippen LogP contribution in [0.4, 0.5) is 0 Å². The summed E-state index contributed by atoms with van der Waals surface area (Å²) in [4.78, 5) is 17.7. The van der Waals surface area contributed by atoms with E-state index in [0.29, 0.717) is 23.6 Å². The lowest BCUT2D eigenvalue weighted by molar-refractivity contribution is -0.115. The van der Waals surface area contributed by atoms with Crippen LogP contribution in [0.5, 0.6) is 11.5 Å². The van der Waals surface area contributed by atoms with Gasteiger partial charge in [-0.3, -0.25) is 4.79 Å². The second-order valence-electron chi connectivity index (χ2n) is 5.89. The summed E-state index contributed by atoms with van der Waals surface area (Å²) in [5, 5.41) is 3.78. The van der Waals surface area contributed by atoms with E-state index in [2.05, 4.69) is 22.1 Å². The van der Waals surface area contributed by atoms with Crippen molar-refractivity contribution in [1.82, 2.24) is 10.3 Å². The Balaban J connectivity index is 1.40. The molecule has 0 unspecified atom stereocenters. The Labute approximate surface area is 161 Å². The molecule has 0 saturated heterocycles. The van der Waals surface area contributed by atoms with E-state index in [1.807, 2.05) is 37.3 Å². The molecule has 1 aliphatic heterocycles. The summed E-state index contributed by atoms with van der Waals surface area (Å²) >= 11 is 1.58. The number of aromatic nitrogens is 1. The smallest absolute Gasteiger partial charge is 0.296 e. The van der Waals surface area contributed by atoms with Crippen molar-refractivity contribution in [2.75, 3.05) is 6.79 Å². The predicted octanol–water partition coefficient (Wildman–Crippen LogP) is 3.52. The molecule has 134 valence electrons. The van der Waals surface area contributed by atoms with Gasteiger partial charge < -0.3 is 14.8 Å². The molecule has 0 radical (unpaired) electrons. The first-order valence-corrected chi connectivity index (χ1v) is 9.22. The number of carbonyl (C=O) groups excluding carboxylic acids is 1. The van der Waals surface area contributed by atoms with E-state index < -0.39 is 0 Å². The first-order valence-electron chi connectivity index (χ1n) is 8.40. The number of nitrogens with one attached hydrogen (secondary N) is 1. The standard InChI is InChI=1S/C21H16N2O3S/c1-14-19(27-21(23-14)16-5-3-2-4-6-16)12-22-20(24)10-8-15-7-9-17-18(11-15)26-13-25-17/h2-7,9,11H,12-13H2,1H3,(H,22,24). The summed E-state index contributed by atoms with van der Waals surface area (Å²) in [6, 6.07) is 15.3. The summed E-state index contributed by atoms with van der Waals surface area (Å²) in [7, 11) is 0. The first kappa shape index (κ1) is 17.1. The molecule has 2 aromatic carbocycles. The Morgan fingerprint density at radius 1 is 1.19 bits per heavy atom. The number of benzene rings is 2. The van der Waals surface area contributed by atoms with Crippen molar-refractivity contribution in [2.24, 2.45) is 0 Å². The number of hydrogen-bond acceptors (Lipinski definition) is 5. The molecule has 0 atom stereocenters. The summed E-state index contributed by atoms with van der Waals surface area (Å²) in [6.45, 7) is 2.57. The Morgan fingerprint density at radius 3 is 2.85 bits per heavy atom. The van der Waals surface area contributed by atoms with E-state index in [4.69, 9.17) is 9.47 Å². The maximum Gasteiger partial charge on any atom is 0.296 e. The van der Waals surface area contributed by atoms with Gasteiger partial charge in [-0.2, -0.15) is 0 Å². The second kappa shape index (κ2) is 7.52. The fourth-order valence-electron chi connectivity index (χ4n) is 2.60. The molecule has 4 rings (SSSR count). The topological polar surface area (TPSA) is 60.5 Å². The third-order valence-corrected chi connectivity index (χ3v) is 5.22. The zero-order chi connectivity index (χ0) is 18.6. The average molecular weight is 376 g/mol. The number of thiazole rings is 1. The number of rotatable bonds is 3. The average Bonchev–Trinajstić information content (AvgIpc) is 3.31. The molecule has 3 aromatic rings. The van der Waals surface area contributed by atoms with Crippen LogP contribution in [0.1, 0.15) is 16.1 Å². The molecule has 1 N–H and O–H groups in total. The maximum absolute atomic E-state index is 12.1. The molecule has 0 bridgehead atoms. The van der Waals surface area contributed by atoms with Crippen molar-refractivity contribution >= 4 is 17.2 Å². The predicted molar refractivity (Wildman–Crippen MR) is 104 cm³/mol. The van der Waals surface area contributed by atoms with E-state index in [9.17, 15) is 4.79 Å². The molecule has 2 heterocycles. The zero-order valence-electron chi connectivity index (χ0n) is 14.6. The molecule has 0 aliphatic carbocycles. The largest absolute Gasteiger partial charge is 0.454 e. The van der Waals surface area contributed by atoms with Crippen molar-refractivity contribution in [3.63, 3.8) is 0 Å². The van der Waals surface area contributed by atoms with Gasteiger partial charge in [-0.25, -0.2) is 4.98 Å². The minimum absolute atomic E-state index is 0.214. The molecule has 0 saturated carbocycles. The molecule has 1 aliphatic rings. The zero-order valence-corrected chi connectivity index (χ0v) is 15.4. The van der Waals surface area contributed by atoms with Crippen molar-refractivity contribution in [3.05, 3.63) is 64.7 Å². The lowest BCUT2D eigenvalue weighted by atomic mass is 10.2. The van der Waals surface area contributed by atoms with Gasteiger partial charge in [0.15, 0.2) is 11.5 Å². The van der Waals surface area contributed by atoms with Gasteiger partial charge in [-0.1, -0.05) is 36.3 Å². The molecule has 1 aromatic heterocycles. The third-order valence-electron chi connectivity index (χ3n) is 4.02. The number of fused-ring (bicyclic) bond motifs is 1. The molecule has 0 spiro atoms. The summed E-state index contributed by atoms with van der Waals surface area (Å²) in [6.07, 6.45) is 0. The minimum atomic E-state index is -0.332. The van der Waals surface area contributed by atoms with Crippen LogP contribution in [-0.2, 0) is 11.3 Å². The molecule has 0 fully saturated rings. The number of ether oxygens (including phenoxy) is 2. The van der Waals surface area contributed by atoms with Gasteiger partial charge in [0.2, 0.25) is 6.79 Å². The van der Waals surface area contributed by atoms with E-state index in [0.717, 1.165) is 21.1 Å². The fourth-order valence-corrected chi connectivity index (χ4v) is 3.61. The number of amides is 1. The van der Waals surface area contributed by atoms with Gasteiger partial charge in [0.1, 0.15) is 5.01 Å². The molecular weight excluding hydrogens is 360 g/mol. The lowest BCUT2D eigenvalue weighted by Crippen LogP contribution is -2.20. The van der Waals surface area contributed by atoms with Gasteiger partial charge in [-0.05, 0) is 25.1 Å². The van der Waals surface area contributed by atoms with Crippen molar-refractivity contribution in [1.29, 1.82) is 0 Å². The number of hydrogen-bond donors (Lipinski definition) is 1. The summed E-state index contributed by atoms with van der Waals surface area (Å²) < 4.78 is 10.6. The Hall–Kier alpha value is -3.30. The molecule has 5 nitrogen and oxygen atoms in total. The van der Waals surface area contributed by atoms with Gasteiger partial charge in [0.25, 0.3) is 5.91 Å². The highest BCUT2D eigenvalue weighted by Crippen LogP contribution is 2.32. The van der Waals surface area contributed by atoms with E-state index in [1.54, 1.807) is 29.5 Å². The number of nitrogens with zero attached hydrogens (tertiary/aromatic N) is 1. The Kier molecular flexibility index (Phi) is 4.77. The van der Waals surface area contributed by atoms with Gasteiger partial charge >= 0.3 is 0 Å². The molecule has 27 heavy (non-hydrogen) atoms. The van der Waals surface area contributed by atoms with Crippen LogP contribution in [-0.4, -0.2) is 17.7 Å². The maximum atomic E-state index is 12.1. The van der Waals surface area contributed by atoms with Crippen molar-refractivity contribution in [2.45, 2.75) is 13.5 Å². The second-order valence-corrected chi connectivity index (χ2v) is 6.98. The fraction of sp³-hybridized carbons (Fsp3) is 0.143. The van der Waals surface area contributed by atoms with Gasteiger partial charge in [0, 0.05) is 21.9 Å². The third kappa shape index (κ3) is 3.94. The molecule has 6 heteroatoms. The van der Waals surface area contributed by atoms with Crippen LogP contribution in [0.15, 0.2) is 48.5 Å². The monoisotopic (exact) mass is 376 g/mol. The SMILES string of the molecule is Cc1nc(-c2ccccc2)sc1CNC(=O)C#Cc1ccc2c(c1)OCO2. The highest BCUT2D eigenvalue weighted by Gasteiger charge is 2.13. The van der Waals surface area contributed by atoms with E-state index >= 15 is 0 Å². The van der Waals surface area contributed by atoms with Crippen LogP contribution >= 0.6 is 11.3 Å². The number of carbonyl (C=O) groups is 1. The van der Waals surface area contributed by atoms with Crippen LogP contribution in [0, 0.1) is 18.8 Å². The van der Waals surface area contributed by atoms with E-state index in [-0.39, 0.29) is 12.7 Å². The lowest BCUT2D eigenvalue weighted by Gasteiger charge is -1.99. The van der Waals surface area contributed by atoms with E-state index in [1.165, 1.54) is 0 Å². The van der Waals surface area contributed by atoms with Crippen LogP contribution in [0.2, 0.25) is 0 Å². The number of aryl methyl sites for hydroxylation is 1. The Bertz CT molecular complexity index is 1050. The van der Waals surface area contributed by atoms with Crippen LogP contribution < -0.4 is 14.8 Å². The Morgan fingerprint density at radius 2 is 2.00 bits per heavy atom. The highest BCUT2D eigenvalue weighted by molar-refractivity contribution is 7.15. The highest BCUT2D eigenvalue weighted by atomic mass is 32.1. The first-order chi connectivity index (χ1) is 13.2. The van der Waals surface area contributed by atoms with Crippen LogP contribution in [0.25, 0.3) is 10.6 Å². The van der Waals surface area contributed by atoms with Gasteiger partial charge in [-0.15, -0.1) is 11.3 Å². The van der Waals surface area contributed by atoms with Gasteiger partial charge in [0.05, 0.1) is 12.2 Å². The summed E-state index contributed by atoms with van der Waals surface area (Å²) in [5.41, 5.74) is 2.70. The molecule has 1 amide bonds. The van der Waals surface area contributed by atoms with Crippen molar-refractivity contribution in [3.8, 4) is 33.9 Å². The molecular formula is C21H16N2O3S. The minimum Gasteiger partial charge on any atom is -0.454 e. The van der Waals surface area contributed by atoms with Crippen LogP contribution in [0.3, 0.4) is 0 Å². The van der Waals surface area contributed by atoms with Crippen molar-refractivity contribution < 1.29 is 14.3 Å². The quantitative estimate of drug-likeness (QED) is 0.711. The summed E-state index contributed by atoms with van der Waals surface area (Å²) in [5.74, 6) is 6.46. The normalized spacial score (nSPS) is 11.6.